The van der Waals surface area contributed by atoms with Crippen molar-refractivity contribution in [2.75, 3.05) is 6.61 Å². The molecule has 0 unspecified atom stereocenters. The first-order chi connectivity index (χ1) is 8.67. The Morgan fingerprint density at radius 3 is 2.83 bits per heavy atom. The zero-order chi connectivity index (χ0) is 13.0. The molecule has 0 radical (unpaired) electrons. The van der Waals surface area contributed by atoms with E-state index in [2.05, 4.69) is 4.98 Å². The third-order valence-corrected chi connectivity index (χ3v) is 3.46. The van der Waals surface area contributed by atoms with Crippen molar-refractivity contribution in [3.63, 3.8) is 0 Å². The molecule has 0 spiro atoms. The molecule has 98 valence electrons. The summed E-state index contributed by atoms with van der Waals surface area (Å²) >= 11 is 0. The minimum atomic E-state index is 0.298. The van der Waals surface area contributed by atoms with Crippen LogP contribution in [-0.2, 0) is 16.0 Å². The second-order valence-corrected chi connectivity index (χ2v) is 5.16. The summed E-state index contributed by atoms with van der Waals surface area (Å²) in [5, 5.41) is 0. The van der Waals surface area contributed by atoms with Crippen molar-refractivity contribution >= 4 is 5.78 Å². The fraction of sp³-hybridized carbons (Fsp3) is 0.600. The van der Waals surface area contributed by atoms with Crippen molar-refractivity contribution in [1.29, 1.82) is 0 Å². The number of aryl methyl sites for hydroxylation is 1. The van der Waals surface area contributed by atoms with Gasteiger partial charge >= 0.3 is 0 Å². The molecule has 0 amide bonds. The molecule has 2 rings (SSSR count). The van der Waals surface area contributed by atoms with Crippen LogP contribution < -0.4 is 0 Å². The summed E-state index contributed by atoms with van der Waals surface area (Å²) in [5.74, 6) is 0.825. The zero-order valence-electron chi connectivity index (χ0n) is 11.2. The number of ether oxygens (including phenoxy) is 1. The van der Waals surface area contributed by atoms with Gasteiger partial charge in [0.25, 0.3) is 0 Å². The van der Waals surface area contributed by atoms with E-state index in [0.717, 1.165) is 30.7 Å². The van der Waals surface area contributed by atoms with Crippen molar-refractivity contribution in [3.8, 4) is 0 Å². The van der Waals surface area contributed by atoms with Gasteiger partial charge in [0.15, 0.2) is 0 Å². The Labute approximate surface area is 109 Å². The molecule has 1 saturated carbocycles. The molecule has 0 aliphatic heterocycles. The largest absolute Gasteiger partial charge is 0.378 e. The van der Waals surface area contributed by atoms with Crippen LogP contribution in [0.25, 0.3) is 0 Å². The van der Waals surface area contributed by atoms with Crippen LogP contribution in [0.15, 0.2) is 18.3 Å². The number of rotatable bonds is 6. The van der Waals surface area contributed by atoms with Crippen LogP contribution in [0.3, 0.4) is 0 Å². The summed E-state index contributed by atoms with van der Waals surface area (Å²) in [4.78, 5) is 16.2. The van der Waals surface area contributed by atoms with E-state index in [1.165, 1.54) is 0 Å². The van der Waals surface area contributed by atoms with E-state index in [9.17, 15) is 4.79 Å². The summed E-state index contributed by atoms with van der Waals surface area (Å²) in [7, 11) is 0. The van der Waals surface area contributed by atoms with Gasteiger partial charge in [-0.2, -0.15) is 0 Å². The predicted molar refractivity (Wildman–Crippen MR) is 70.4 cm³/mol. The number of pyridine rings is 1. The summed E-state index contributed by atoms with van der Waals surface area (Å²) in [6.45, 7) is 4.79. The first-order valence-electron chi connectivity index (χ1n) is 6.72. The fourth-order valence-corrected chi connectivity index (χ4v) is 2.41. The second kappa shape index (κ2) is 6.10. The number of hydrogen-bond acceptors (Lipinski definition) is 3. The molecular weight excluding hydrogens is 226 g/mol. The number of nitrogens with zero attached hydrogens (tertiary/aromatic N) is 1. The van der Waals surface area contributed by atoms with E-state index in [4.69, 9.17) is 4.74 Å². The quantitative estimate of drug-likeness (QED) is 0.776. The van der Waals surface area contributed by atoms with Crippen molar-refractivity contribution in [2.24, 2.45) is 5.92 Å². The molecule has 3 heteroatoms. The maximum absolute atomic E-state index is 11.9. The van der Waals surface area contributed by atoms with Crippen LogP contribution in [0.5, 0.6) is 0 Å². The molecule has 1 fully saturated rings. The standard InChI is InChI=1S/C15H21NO2/c1-3-18-15-7-12(8-15)6-14(17)9-13-5-4-11(2)10-16-13/h4-5,10,12,15H,3,6-9H2,1-2H3. The molecule has 1 aliphatic carbocycles. The van der Waals surface area contributed by atoms with Crippen LogP contribution in [0.2, 0.25) is 0 Å². The Bertz CT molecular complexity index is 393. The minimum Gasteiger partial charge on any atom is -0.378 e. The number of carbonyl (C=O) groups is 1. The molecule has 1 aromatic heterocycles. The lowest BCUT2D eigenvalue weighted by Gasteiger charge is -2.34. The van der Waals surface area contributed by atoms with Crippen molar-refractivity contribution in [1.82, 2.24) is 4.98 Å². The van der Waals surface area contributed by atoms with Gasteiger partial charge in [-0.05, 0) is 44.2 Å². The average Bonchev–Trinajstić information content (AvgIpc) is 2.29. The monoisotopic (exact) mass is 247 g/mol. The lowest BCUT2D eigenvalue weighted by atomic mass is 9.78. The topological polar surface area (TPSA) is 39.2 Å². The van der Waals surface area contributed by atoms with E-state index >= 15 is 0 Å². The lowest BCUT2D eigenvalue weighted by Crippen LogP contribution is -2.33. The third-order valence-electron chi connectivity index (χ3n) is 3.46. The molecule has 0 atom stereocenters. The highest BCUT2D eigenvalue weighted by molar-refractivity contribution is 5.80. The smallest absolute Gasteiger partial charge is 0.139 e. The van der Waals surface area contributed by atoms with Gasteiger partial charge < -0.3 is 4.74 Å². The maximum atomic E-state index is 11.9. The van der Waals surface area contributed by atoms with E-state index in [-0.39, 0.29) is 0 Å². The number of aromatic nitrogens is 1. The Hall–Kier alpha value is -1.22. The van der Waals surface area contributed by atoms with Gasteiger partial charge in [0, 0.05) is 31.3 Å². The van der Waals surface area contributed by atoms with Crippen molar-refractivity contribution < 1.29 is 9.53 Å². The van der Waals surface area contributed by atoms with Gasteiger partial charge in [-0.3, -0.25) is 9.78 Å². The normalized spacial score (nSPS) is 22.6. The van der Waals surface area contributed by atoms with E-state index in [0.29, 0.717) is 30.6 Å². The number of ketones is 1. The minimum absolute atomic E-state index is 0.298. The Kier molecular flexibility index (Phi) is 4.48. The molecule has 1 aromatic rings. The van der Waals surface area contributed by atoms with Gasteiger partial charge in [0.2, 0.25) is 0 Å². The lowest BCUT2D eigenvalue weighted by molar-refractivity contribution is -0.121. The highest BCUT2D eigenvalue weighted by Crippen LogP contribution is 2.33. The molecule has 1 aliphatic rings. The highest BCUT2D eigenvalue weighted by Gasteiger charge is 2.30. The van der Waals surface area contributed by atoms with Crippen LogP contribution in [0.1, 0.15) is 37.4 Å². The summed E-state index contributed by atoms with van der Waals surface area (Å²) in [5.41, 5.74) is 2.01. The second-order valence-electron chi connectivity index (χ2n) is 5.16. The fourth-order valence-electron chi connectivity index (χ4n) is 2.41. The molecule has 18 heavy (non-hydrogen) atoms. The van der Waals surface area contributed by atoms with E-state index in [1.54, 1.807) is 0 Å². The molecule has 3 nitrogen and oxygen atoms in total. The predicted octanol–water partition coefficient (Wildman–Crippen LogP) is 2.71. The number of hydrogen-bond donors (Lipinski definition) is 0. The molecule has 0 saturated heterocycles. The van der Waals surface area contributed by atoms with Gasteiger partial charge in [-0.15, -0.1) is 0 Å². The van der Waals surface area contributed by atoms with Crippen molar-refractivity contribution in [2.45, 2.75) is 45.6 Å². The highest BCUT2D eigenvalue weighted by atomic mass is 16.5. The molecule has 0 aromatic carbocycles. The van der Waals surface area contributed by atoms with Gasteiger partial charge in [-0.1, -0.05) is 6.07 Å². The molecule has 1 heterocycles. The molecular formula is C15H21NO2. The first-order valence-corrected chi connectivity index (χ1v) is 6.72. The van der Waals surface area contributed by atoms with Crippen molar-refractivity contribution in [3.05, 3.63) is 29.6 Å². The van der Waals surface area contributed by atoms with Crippen LogP contribution >= 0.6 is 0 Å². The van der Waals surface area contributed by atoms with Crippen LogP contribution in [-0.4, -0.2) is 23.5 Å². The third kappa shape index (κ3) is 3.64. The Morgan fingerprint density at radius 2 is 2.22 bits per heavy atom. The number of Topliss-reactive ketones (excluding diaryl/α,β-unsaturated/α-hetero) is 1. The van der Waals surface area contributed by atoms with Crippen LogP contribution in [0, 0.1) is 12.8 Å². The van der Waals surface area contributed by atoms with E-state index < -0.39 is 0 Å². The molecule has 0 N–H and O–H groups in total. The van der Waals surface area contributed by atoms with E-state index in [1.807, 2.05) is 32.2 Å². The zero-order valence-corrected chi connectivity index (χ0v) is 11.2. The SMILES string of the molecule is CCOC1CC(CC(=O)Cc2ccc(C)cn2)C1. The summed E-state index contributed by atoms with van der Waals surface area (Å²) in [6, 6.07) is 3.95. The number of carbonyl (C=O) groups excluding carboxylic acids is 1. The Morgan fingerprint density at radius 1 is 1.44 bits per heavy atom. The van der Waals surface area contributed by atoms with Crippen LogP contribution in [0.4, 0.5) is 0 Å². The average molecular weight is 247 g/mol. The Balaban J connectivity index is 1.72. The van der Waals surface area contributed by atoms with Gasteiger partial charge in [0.05, 0.1) is 6.10 Å². The maximum Gasteiger partial charge on any atom is 0.139 e. The van der Waals surface area contributed by atoms with Gasteiger partial charge in [0.1, 0.15) is 5.78 Å². The summed E-state index contributed by atoms with van der Waals surface area (Å²) in [6.07, 6.45) is 5.44. The molecule has 0 bridgehead atoms. The first kappa shape index (κ1) is 13.2. The van der Waals surface area contributed by atoms with Gasteiger partial charge in [-0.25, -0.2) is 0 Å². The summed E-state index contributed by atoms with van der Waals surface area (Å²) < 4.78 is 5.50.